The lowest BCUT2D eigenvalue weighted by Gasteiger charge is -2.06. The summed E-state index contributed by atoms with van der Waals surface area (Å²) in [7, 11) is 0. The maximum atomic E-state index is 12.1. The van der Waals surface area contributed by atoms with E-state index in [4.69, 9.17) is 11.6 Å². The molecule has 3 rings (SSSR count). The second-order valence-corrected chi connectivity index (χ2v) is 4.84. The molecule has 0 fully saturated rings. The molecule has 2 aromatic carbocycles. The van der Waals surface area contributed by atoms with Crippen molar-refractivity contribution in [3.05, 3.63) is 53.1 Å². The molecular weight excluding hydrogens is 282 g/mol. The molecule has 0 aliphatic carbocycles. The second kappa shape index (κ2) is 4.95. The Hall–Kier alpha value is -1.98. The fourth-order valence-corrected chi connectivity index (χ4v) is 2.44. The van der Waals surface area contributed by atoms with E-state index < -0.39 is 0 Å². The van der Waals surface area contributed by atoms with Crippen molar-refractivity contribution in [1.82, 2.24) is 8.75 Å². The van der Waals surface area contributed by atoms with Crippen LogP contribution < -0.4 is 5.32 Å². The number of anilines is 1. The first-order valence-electron chi connectivity index (χ1n) is 5.52. The van der Waals surface area contributed by atoms with Gasteiger partial charge in [-0.2, -0.15) is 8.75 Å². The maximum absolute atomic E-state index is 12.1. The molecule has 3 aromatic rings. The van der Waals surface area contributed by atoms with E-state index in [1.165, 1.54) is 0 Å². The molecule has 0 atom stereocenters. The Labute approximate surface area is 118 Å². The van der Waals surface area contributed by atoms with Crippen LogP contribution in [0.4, 0.5) is 5.69 Å². The molecule has 1 N–H and O–H groups in total. The highest BCUT2D eigenvalue weighted by atomic mass is 35.5. The van der Waals surface area contributed by atoms with Crippen molar-refractivity contribution in [2.75, 3.05) is 5.32 Å². The van der Waals surface area contributed by atoms with Gasteiger partial charge in [0.1, 0.15) is 11.0 Å². The Balaban J connectivity index is 1.88. The first-order valence-corrected chi connectivity index (χ1v) is 6.63. The molecule has 0 aliphatic heterocycles. The average molecular weight is 290 g/mol. The summed E-state index contributed by atoms with van der Waals surface area (Å²) in [5, 5.41) is 3.22. The van der Waals surface area contributed by atoms with E-state index in [1.54, 1.807) is 36.4 Å². The zero-order valence-corrected chi connectivity index (χ0v) is 11.2. The molecule has 94 valence electrons. The van der Waals surface area contributed by atoms with Gasteiger partial charge < -0.3 is 5.32 Å². The van der Waals surface area contributed by atoms with Crippen molar-refractivity contribution in [3.63, 3.8) is 0 Å². The number of hydrogen-bond acceptors (Lipinski definition) is 4. The van der Waals surface area contributed by atoms with E-state index in [2.05, 4.69) is 14.1 Å². The molecular formula is C13H8ClN3OS. The lowest BCUT2D eigenvalue weighted by atomic mass is 10.2. The van der Waals surface area contributed by atoms with Gasteiger partial charge in [0.2, 0.25) is 0 Å². The largest absolute Gasteiger partial charge is 0.322 e. The lowest BCUT2D eigenvalue weighted by Crippen LogP contribution is -2.12. The minimum Gasteiger partial charge on any atom is -0.322 e. The number of fused-ring (bicyclic) bond motifs is 1. The Morgan fingerprint density at radius 3 is 2.74 bits per heavy atom. The summed E-state index contributed by atoms with van der Waals surface area (Å²) < 4.78 is 8.24. The van der Waals surface area contributed by atoms with Crippen molar-refractivity contribution in [3.8, 4) is 0 Å². The van der Waals surface area contributed by atoms with Gasteiger partial charge in [0.15, 0.2) is 0 Å². The van der Waals surface area contributed by atoms with Gasteiger partial charge in [-0.1, -0.05) is 23.7 Å². The van der Waals surface area contributed by atoms with Crippen molar-refractivity contribution >= 4 is 46.0 Å². The zero-order chi connectivity index (χ0) is 13.2. The number of nitrogens with one attached hydrogen (secondary N) is 1. The molecule has 19 heavy (non-hydrogen) atoms. The SMILES string of the molecule is O=C(Nc1ccc2nsnc2c1)c1ccccc1Cl. The number of amides is 1. The van der Waals surface area contributed by atoms with Crippen LogP contribution in [-0.4, -0.2) is 14.7 Å². The van der Waals surface area contributed by atoms with E-state index in [1.807, 2.05) is 6.07 Å². The summed E-state index contributed by atoms with van der Waals surface area (Å²) in [5.41, 5.74) is 2.70. The molecule has 0 radical (unpaired) electrons. The van der Waals surface area contributed by atoms with Crippen LogP contribution in [0.25, 0.3) is 11.0 Å². The van der Waals surface area contributed by atoms with Gasteiger partial charge in [0.05, 0.1) is 22.3 Å². The number of aromatic nitrogens is 2. The van der Waals surface area contributed by atoms with Crippen molar-refractivity contribution in [2.24, 2.45) is 0 Å². The number of rotatable bonds is 2. The summed E-state index contributed by atoms with van der Waals surface area (Å²) >= 11 is 7.13. The highest BCUT2D eigenvalue weighted by Crippen LogP contribution is 2.20. The first-order chi connectivity index (χ1) is 9.24. The number of hydrogen-bond donors (Lipinski definition) is 1. The van der Waals surface area contributed by atoms with Crippen molar-refractivity contribution < 1.29 is 4.79 Å². The highest BCUT2D eigenvalue weighted by molar-refractivity contribution is 7.00. The smallest absolute Gasteiger partial charge is 0.257 e. The van der Waals surface area contributed by atoms with Gasteiger partial charge in [-0.25, -0.2) is 0 Å². The Morgan fingerprint density at radius 1 is 1.11 bits per heavy atom. The Morgan fingerprint density at radius 2 is 1.89 bits per heavy atom. The number of carbonyl (C=O) groups is 1. The quantitative estimate of drug-likeness (QED) is 0.784. The van der Waals surface area contributed by atoms with Gasteiger partial charge >= 0.3 is 0 Å². The third-order valence-electron chi connectivity index (χ3n) is 2.63. The zero-order valence-electron chi connectivity index (χ0n) is 9.63. The van der Waals surface area contributed by atoms with Crippen LogP contribution in [0.2, 0.25) is 5.02 Å². The summed E-state index contributed by atoms with van der Waals surface area (Å²) in [4.78, 5) is 12.1. The molecule has 0 unspecified atom stereocenters. The number of carbonyl (C=O) groups excluding carboxylic acids is 1. The van der Waals surface area contributed by atoms with Gasteiger partial charge in [-0.05, 0) is 30.3 Å². The van der Waals surface area contributed by atoms with Crippen molar-refractivity contribution in [2.45, 2.75) is 0 Å². The van der Waals surface area contributed by atoms with Crippen LogP contribution >= 0.6 is 23.3 Å². The summed E-state index contributed by atoms with van der Waals surface area (Å²) in [6.45, 7) is 0. The second-order valence-electron chi connectivity index (χ2n) is 3.90. The molecule has 1 aromatic heterocycles. The predicted octanol–water partition coefficient (Wildman–Crippen LogP) is 3.60. The molecule has 0 aliphatic rings. The topological polar surface area (TPSA) is 54.9 Å². The van der Waals surface area contributed by atoms with Gasteiger partial charge in [0, 0.05) is 5.69 Å². The normalized spacial score (nSPS) is 10.6. The van der Waals surface area contributed by atoms with Crippen LogP contribution in [0, 0.1) is 0 Å². The Bertz CT molecular complexity index is 756. The monoisotopic (exact) mass is 289 g/mol. The molecule has 0 saturated heterocycles. The third kappa shape index (κ3) is 2.43. The van der Waals surface area contributed by atoms with Crippen molar-refractivity contribution in [1.29, 1.82) is 0 Å². The highest BCUT2D eigenvalue weighted by Gasteiger charge is 2.10. The number of nitrogens with zero attached hydrogens (tertiary/aromatic N) is 2. The van der Waals surface area contributed by atoms with E-state index >= 15 is 0 Å². The third-order valence-corrected chi connectivity index (χ3v) is 3.52. The number of benzene rings is 2. The van der Waals surface area contributed by atoms with Gasteiger partial charge in [-0.3, -0.25) is 4.79 Å². The fraction of sp³-hybridized carbons (Fsp3) is 0. The van der Waals surface area contributed by atoms with E-state index in [9.17, 15) is 4.79 Å². The van der Waals surface area contributed by atoms with Gasteiger partial charge in [-0.15, -0.1) is 0 Å². The first kappa shape index (κ1) is 12.1. The molecule has 1 amide bonds. The summed E-state index contributed by atoms with van der Waals surface area (Å²) in [6.07, 6.45) is 0. The van der Waals surface area contributed by atoms with E-state index in [-0.39, 0.29) is 5.91 Å². The minimum atomic E-state index is -0.242. The van der Waals surface area contributed by atoms with E-state index in [0.29, 0.717) is 16.3 Å². The molecule has 0 spiro atoms. The van der Waals surface area contributed by atoms with Gasteiger partial charge in [0.25, 0.3) is 5.91 Å². The standard InChI is InChI=1S/C13H8ClN3OS/c14-10-4-2-1-3-9(10)13(18)15-8-5-6-11-12(7-8)17-19-16-11/h1-7H,(H,15,18). The maximum Gasteiger partial charge on any atom is 0.257 e. The molecule has 0 saturated carbocycles. The minimum absolute atomic E-state index is 0.242. The summed E-state index contributed by atoms with van der Waals surface area (Å²) in [5.74, 6) is -0.242. The molecule has 0 bridgehead atoms. The van der Waals surface area contributed by atoms with Crippen LogP contribution in [-0.2, 0) is 0 Å². The van der Waals surface area contributed by atoms with E-state index in [0.717, 1.165) is 22.8 Å². The molecule has 6 heteroatoms. The molecule has 4 nitrogen and oxygen atoms in total. The van der Waals surface area contributed by atoms with Crippen LogP contribution in [0.1, 0.15) is 10.4 Å². The summed E-state index contributed by atoms with van der Waals surface area (Å²) in [6, 6.07) is 12.3. The average Bonchev–Trinajstić information content (AvgIpc) is 2.86. The fourth-order valence-electron chi connectivity index (χ4n) is 1.70. The van der Waals surface area contributed by atoms with Crippen LogP contribution in [0.3, 0.4) is 0 Å². The van der Waals surface area contributed by atoms with Crippen LogP contribution in [0.15, 0.2) is 42.5 Å². The van der Waals surface area contributed by atoms with Crippen LogP contribution in [0.5, 0.6) is 0 Å². The number of halogens is 1. The predicted molar refractivity (Wildman–Crippen MR) is 76.8 cm³/mol. The Kier molecular flexibility index (Phi) is 3.15. The lowest BCUT2D eigenvalue weighted by molar-refractivity contribution is 0.102. The molecule has 1 heterocycles.